The van der Waals surface area contributed by atoms with E-state index in [9.17, 15) is 4.79 Å². The first kappa shape index (κ1) is 13.9. The summed E-state index contributed by atoms with van der Waals surface area (Å²) >= 11 is 0. The van der Waals surface area contributed by atoms with Crippen molar-refractivity contribution in [2.45, 2.75) is 57.9 Å². The molecule has 0 aromatic rings. The number of ether oxygens (including phenoxy) is 1. The van der Waals surface area contributed by atoms with Crippen LogP contribution in [0.25, 0.3) is 0 Å². The molecule has 18 heavy (non-hydrogen) atoms. The Morgan fingerprint density at radius 2 is 1.78 bits per heavy atom. The van der Waals surface area contributed by atoms with Gasteiger partial charge in [-0.3, -0.25) is 4.79 Å². The van der Waals surface area contributed by atoms with Gasteiger partial charge in [-0.15, -0.1) is 0 Å². The van der Waals surface area contributed by atoms with Gasteiger partial charge in [0.05, 0.1) is 7.11 Å². The summed E-state index contributed by atoms with van der Waals surface area (Å²) in [5.41, 5.74) is 0. The van der Waals surface area contributed by atoms with E-state index in [2.05, 4.69) is 12.2 Å². The minimum atomic E-state index is -0.0697. The Balaban J connectivity index is 1.71. The number of esters is 1. The lowest BCUT2D eigenvalue weighted by molar-refractivity contribution is -0.143. The summed E-state index contributed by atoms with van der Waals surface area (Å²) in [4.78, 5) is 11.7. The zero-order valence-corrected chi connectivity index (χ0v) is 11.8. The molecule has 0 radical (unpaired) electrons. The SMILES string of the molecule is CCC1CCC(CNC(C(=O)OC)C2CC2)CC1. The average Bonchev–Trinajstić information content (AvgIpc) is 3.24. The lowest BCUT2D eigenvalue weighted by Crippen LogP contribution is -2.42. The number of rotatable bonds is 6. The van der Waals surface area contributed by atoms with Gasteiger partial charge in [0.15, 0.2) is 0 Å². The third kappa shape index (κ3) is 3.71. The van der Waals surface area contributed by atoms with Crippen LogP contribution >= 0.6 is 0 Å². The first-order chi connectivity index (χ1) is 8.74. The molecule has 1 N–H and O–H groups in total. The maximum atomic E-state index is 11.7. The third-order valence-electron chi connectivity index (χ3n) is 4.72. The molecule has 2 rings (SSSR count). The van der Waals surface area contributed by atoms with Crippen molar-refractivity contribution < 1.29 is 9.53 Å². The standard InChI is InChI=1S/C15H27NO2/c1-3-11-4-6-12(7-5-11)10-16-14(13-8-9-13)15(17)18-2/h11-14,16H,3-10H2,1-2H3. The molecular formula is C15H27NO2. The number of nitrogens with one attached hydrogen (secondary N) is 1. The summed E-state index contributed by atoms with van der Waals surface area (Å²) in [5.74, 6) is 2.17. The molecule has 0 bridgehead atoms. The minimum Gasteiger partial charge on any atom is -0.468 e. The van der Waals surface area contributed by atoms with Gasteiger partial charge < -0.3 is 10.1 Å². The normalized spacial score (nSPS) is 29.9. The van der Waals surface area contributed by atoms with Crippen molar-refractivity contribution in [2.24, 2.45) is 17.8 Å². The molecule has 0 heterocycles. The van der Waals surface area contributed by atoms with E-state index in [1.807, 2.05) is 0 Å². The van der Waals surface area contributed by atoms with Crippen LogP contribution < -0.4 is 5.32 Å². The maximum Gasteiger partial charge on any atom is 0.323 e. The third-order valence-corrected chi connectivity index (χ3v) is 4.72. The summed E-state index contributed by atoms with van der Waals surface area (Å²) in [6.45, 7) is 3.29. The Labute approximate surface area is 111 Å². The molecule has 1 unspecified atom stereocenters. The molecule has 0 spiro atoms. The van der Waals surface area contributed by atoms with Gasteiger partial charge in [-0.1, -0.05) is 26.2 Å². The van der Waals surface area contributed by atoms with Crippen molar-refractivity contribution in [3.05, 3.63) is 0 Å². The lowest BCUT2D eigenvalue weighted by Gasteiger charge is -2.29. The molecule has 0 aromatic carbocycles. The van der Waals surface area contributed by atoms with Crippen molar-refractivity contribution in [1.82, 2.24) is 5.32 Å². The molecule has 1 atom stereocenters. The molecule has 0 saturated heterocycles. The molecule has 3 nitrogen and oxygen atoms in total. The van der Waals surface area contributed by atoms with Crippen LogP contribution in [0, 0.1) is 17.8 Å². The number of methoxy groups -OCH3 is 1. The van der Waals surface area contributed by atoms with Crippen molar-refractivity contribution in [1.29, 1.82) is 0 Å². The smallest absolute Gasteiger partial charge is 0.323 e. The van der Waals surface area contributed by atoms with Crippen molar-refractivity contribution in [3.8, 4) is 0 Å². The van der Waals surface area contributed by atoms with Crippen LogP contribution in [0.2, 0.25) is 0 Å². The first-order valence-corrected chi connectivity index (χ1v) is 7.55. The van der Waals surface area contributed by atoms with Gasteiger partial charge in [-0.25, -0.2) is 0 Å². The highest BCUT2D eigenvalue weighted by Gasteiger charge is 2.37. The molecule has 2 saturated carbocycles. The molecule has 104 valence electrons. The van der Waals surface area contributed by atoms with E-state index in [-0.39, 0.29) is 12.0 Å². The van der Waals surface area contributed by atoms with E-state index in [1.165, 1.54) is 52.1 Å². The first-order valence-electron chi connectivity index (χ1n) is 7.55. The fourth-order valence-corrected chi connectivity index (χ4v) is 3.14. The quantitative estimate of drug-likeness (QED) is 0.740. The van der Waals surface area contributed by atoms with Gasteiger partial charge in [0, 0.05) is 0 Å². The number of carbonyl (C=O) groups excluding carboxylic acids is 1. The Hall–Kier alpha value is -0.570. The molecule has 0 aromatic heterocycles. The monoisotopic (exact) mass is 253 g/mol. The van der Waals surface area contributed by atoms with E-state index in [1.54, 1.807) is 0 Å². The molecule has 2 aliphatic rings. The van der Waals surface area contributed by atoms with Crippen molar-refractivity contribution >= 4 is 5.97 Å². The highest BCUT2D eigenvalue weighted by atomic mass is 16.5. The fraction of sp³-hybridized carbons (Fsp3) is 0.933. The highest BCUT2D eigenvalue weighted by Crippen LogP contribution is 2.34. The molecule has 0 amide bonds. The van der Waals surface area contributed by atoms with E-state index < -0.39 is 0 Å². The van der Waals surface area contributed by atoms with E-state index >= 15 is 0 Å². The summed E-state index contributed by atoms with van der Waals surface area (Å²) in [6, 6.07) is -0.0427. The second-order valence-electron chi connectivity index (χ2n) is 6.04. The summed E-state index contributed by atoms with van der Waals surface area (Å²) in [6.07, 6.45) is 9.07. The number of hydrogen-bond donors (Lipinski definition) is 1. The second kappa shape index (κ2) is 6.55. The van der Waals surface area contributed by atoms with Crippen LogP contribution in [0.4, 0.5) is 0 Å². The largest absolute Gasteiger partial charge is 0.468 e. The van der Waals surface area contributed by atoms with Gasteiger partial charge in [-0.05, 0) is 50.0 Å². The average molecular weight is 253 g/mol. The minimum absolute atomic E-state index is 0.0427. The van der Waals surface area contributed by atoms with Crippen LogP contribution in [0.15, 0.2) is 0 Å². The zero-order chi connectivity index (χ0) is 13.0. The van der Waals surface area contributed by atoms with Crippen molar-refractivity contribution in [2.75, 3.05) is 13.7 Å². The molecular weight excluding hydrogens is 226 g/mol. The molecule has 2 aliphatic carbocycles. The van der Waals surface area contributed by atoms with Crippen LogP contribution in [-0.2, 0) is 9.53 Å². The topological polar surface area (TPSA) is 38.3 Å². The predicted molar refractivity (Wildman–Crippen MR) is 72.3 cm³/mol. The van der Waals surface area contributed by atoms with E-state index in [0.29, 0.717) is 5.92 Å². The maximum absolute atomic E-state index is 11.7. The second-order valence-corrected chi connectivity index (χ2v) is 6.04. The summed E-state index contributed by atoms with van der Waals surface area (Å²) in [7, 11) is 1.49. The Morgan fingerprint density at radius 3 is 2.28 bits per heavy atom. The van der Waals surface area contributed by atoms with E-state index in [4.69, 9.17) is 4.74 Å². The van der Waals surface area contributed by atoms with Gasteiger partial charge in [-0.2, -0.15) is 0 Å². The Kier molecular flexibility index (Phi) is 5.04. The van der Waals surface area contributed by atoms with Gasteiger partial charge in [0.25, 0.3) is 0 Å². The number of hydrogen-bond acceptors (Lipinski definition) is 3. The van der Waals surface area contributed by atoms with Crippen molar-refractivity contribution in [3.63, 3.8) is 0 Å². The summed E-state index contributed by atoms with van der Waals surface area (Å²) < 4.78 is 4.89. The molecule has 3 heteroatoms. The van der Waals surface area contributed by atoms with Gasteiger partial charge in [0.2, 0.25) is 0 Å². The van der Waals surface area contributed by atoms with E-state index in [0.717, 1.165) is 18.4 Å². The van der Waals surface area contributed by atoms with Gasteiger partial charge >= 0.3 is 5.97 Å². The van der Waals surface area contributed by atoms with Crippen LogP contribution in [0.5, 0.6) is 0 Å². The van der Waals surface area contributed by atoms with Crippen LogP contribution in [0.3, 0.4) is 0 Å². The zero-order valence-electron chi connectivity index (χ0n) is 11.8. The highest BCUT2D eigenvalue weighted by molar-refractivity contribution is 5.76. The van der Waals surface area contributed by atoms with Gasteiger partial charge in [0.1, 0.15) is 6.04 Å². The van der Waals surface area contributed by atoms with Crippen LogP contribution in [0.1, 0.15) is 51.9 Å². The summed E-state index contributed by atoms with van der Waals surface area (Å²) in [5, 5.41) is 3.46. The Bertz CT molecular complexity index is 268. The molecule has 0 aliphatic heterocycles. The molecule has 2 fully saturated rings. The fourth-order valence-electron chi connectivity index (χ4n) is 3.14. The van der Waals surface area contributed by atoms with Crippen LogP contribution in [-0.4, -0.2) is 25.7 Å². The number of carbonyl (C=O) groups is 1. The Morgan fingerprint density at radius 1 is 1.17 bits per heavy atom. The lowest BCUT2D eigenvalue weighted by atomic mass is 9.81. The predicted octanol–water partition coefficient (Wildman–Crippen LogP) is 2.74.